The highest BCUT2D eigenvalue weighted by atomic mass is 16.5. The second-order valence-corrected chi connectivity index (χ2v) is 3.61. The first-order valence-electron chi connectivity index (χ1n) is 4.91. The van der Waals surface area contributed by atoms with Crippen LogP contribution >= 0.6 is 0 Å². The third-order valence-corrected chi connectivity index (χ3v) is 2.55. The number of aryl methyl sites for hydroxylation is 1. The van der Waals surface area contributed by atoms with Gasteiger partial charge >= 0.3 is 0 Å². The molecule has 0 atom stereocenters. The number of fused-ring (bicyclic) bond motifs is 1. The van der Waals surface area contributed by atoms with Gasteiger partial charge in [0.05, 0.1) is 7.11 Å². The molecule has 1 heterocycles. The van der Waals surface area contributed by atoms with Gasteiger partial charge in [-0.25, -0.2) is 0 Å². The van der Waals surface area contributed by atoms with E-state index in [0.29, 0.717) is 0 Å². The maximum absolute atomic E-state index is 5.20. The molecule has 1 aromatic rings. The van der Waals surface area contributed by atoms with Crippen molar-refractivity contribution in [3.05, 3.63) is 36.0 Å². The monoisotopic (exact) mass is 189 g/mol. The van der Waals surface area contributed by atoms with Crippen LogP contribution in [0.4, 0.5) is 5.69 Å². The minimum Gasteiger partial charge on any atom is -0.497 e. The van der Waals surface area contributed by atoms with Crippen molar-refractivity contribution in [1.29, 1.82) is 0 Å². The van der Waals surface area contributed by atoms with Gasteiger partial charge in [-0.2, -0.15) is 0 Å². The molecular weight excluding hydrogens is 174 g/mol. The summed E-state index contributed by atoms with van der Waals surface area (Å²) in [6.07, 6.45) is 3.31. The van der Waals surface area contributed by atoms with Crippen LogP contribution in [0.1, 0.15) is 18.4 Å². The van der Waals surface area contributed by atoms with Crippen LogP contribution < -0.4 is 10.1 Å². The highest BCUT2D eigenvalue weighted by Crippen LogP contribution is 2.28. The Labute approximate surface area is 84.6 Å². The van der Waals surface area contributed by atoms with Gasteiger partial charge in [0.25, 0.3) is 0 Å². The quantitative estimate of drug-likeness (QED) is 0.733. The van der Waals surface area contributed by atoms with E-state index in [1.807, 2.05) is 6.07 Å². The molecule has 0 spiro atoms. The van der Waals surface area contributed by atoms with E-state index in [9.17, 15) is 0 Å². The van der Waals surface area contributed by atoms with E-state index in [0.717, 1.165) is 30.7 Å². The molecule has 0 aliphatic carbocycles. The third kappa shape index (κ3) is 1.74. The van der Waals surface area contributed by atoms with Crippen LogP contribution in [0, 0.1) is 0 Å². The Morgan fingerprint density at radius 1 is 1.36 bits per heavy atom. The molecular formula is C12H15NO. The van der Waals surface area contributed by atoms with Gasteiger partial charge in [0.2, 0.25) is 0 Å². The van der Waals surface area contributed by atoms with Crippen molar-refractivity contribution in [3.8, 4) is 5.75 Å². The van der Waals surface area contributed by atoms with Crippen LogP contribution in [0.2, 0.25) is 0 Å². The lowest BCUT2D eigenvalue weighted by atomic mass is 10.1. The smallest absolute Gasteiger partial charge is 0.119 e. The number of benzene rings is 1. The van der Waals surface area contributed by atoms with E-state index in [1.165, 1.54) is 11.3 Å². The van der Waals surface area contributed by atoms with Gasteiger partial charge in [0.15, 0.2) is 0 Å². The van der Waals surface area contributed by atoms with Crippen molar-refractivity contribution in [3.63, 3.8) is 0 Å². The average Bonchev–Trinajstić information content (AvgIpc) is 2.37. The molecule has 0 aromatic heterocycles. The molecule has 2 nitrogen and oxygen atoms in total. The molecule has 0 fully saturated rings. The van der Waals surface area contributed by atoms with Gasteiger partial charge in [0, 0.05) is 11.4 Å². The van der Waals surface area contributed by atoms with E-state index in [-0.39, 0.29) is 0 Å². The molecule has 2 heteroatoms. The van der Waals surface area contributed by atoms with E-state index in [4.69, 9.17) is 4.74 Å². The zero-order valence-corrected chi connectivity index (χ0v) is 8.47. The Morgan fingerprint density at radius 2 is 2.21 bits per heavy atom. The molecule has 0 radical (unpaired) electrons. The Hall–Kier alpha value is -1.44. The zero-order chi connectivity index (χ0) is 9.97. The summed E-state index contributed by atoms with van der Waals surface area (Å²) in [5, 5.41) is 3.32. The molecule has 1 aliphatic rings. The summed E-state index contributed by atoms with van der Waals surface area (Å²) in [7, 11) is 1.70. The summed E-state index contributed by atoms with van der Waals surface area (Å²) >= 11 is 0. The second-order valence-electron chi connectivity index (χ2n) is 3.61. The first-order valence-corrected chi connectivity index (χ1v) is 4.91. The predicted molar refractivity (Wildman–Crippen MR) is 58.7 cm³/mol. The fourth-order valence-corrected chi connectivity index (χ4v) is 1.77. The molecule has 2 rings (SSSR count). The van der Waals surface area contributed by atoms with E-state index in [2.05, 4.69) is 24.0 Å². The Kier molecular flexibility index (Phi) is 2.44. The SMILES string of the molecule is C=C1CCCc2cc(OC)ccc2N1. The number of methoxy groups -OCH3 is 1. The molecule has 0 saturated carbocycles. The summed E-state index contributed by atoms with van der Waals surface area (Å²) in [4.78, 5) is 0. The Balaban J connectivity index is 2.35. The van der Waals surface area contributed by atoms with Gasteiger partial charge in [0.1, 0.15) is 5.75 Å². The van der Waals surface area contributed by atoms with Crippen molar-refractivity contribution in [2.45, 2.75) is 19.3 Å². The van der Waals surface area contributed by atoms with Crippen molar-refractivity contribution >= 4 is 5.69 Å². The predicted octanol–water partition coefficient (Wildman–Crippen LogP) is 2.96. The zero-order valence-electron chi connectivity index (χ0n) is 8.47. The number of hydrogen-bond acceptors (Lipinski definition) is 2. The summed E-state index contributed by atoms with van der Waals surface area (Å²) in [5.41, 5.74) is 3.60. The number of ether oxygens (including phenoxy) is 1. The first kappa shape index (κ1) is 9.13. The van der Waals surface area contributed by atoms with Gasteiger partial charge in [-0.1, -0.05) is 6.58 Å². The third-order valence-electron chi connectivity index (χ3n) is 2.55. The number of hydrogen-bond donors (Lipinski definition) is 1. The maximum atomic E-state index is 5.20. The topological polar surface area (TPSA) is 21.3 Å². The van der Waals surface area contributed by atoms with Crippen LogP contribution in [0.5, 0.6) is 5.75 Å². The minimum absolute atomic E-state index is 0.929. The van der Waals surface area contributed by atoms with Gasteiger partial charge < -0.3 is 10.1 Å². The molecule has 1 aromatic carbocycles. The van der Waals surface area contributed by atoms with Crippen LogP contribution in [0.3, 0.4) is 0 Å². The normalized spacial score (nSPS) is 15.4. The summed E-state index contributed by atoms with van der Waals surface area (Å²) in [6, 6.07) is 6.13. The van der Waals surface area contributed by atoms with Crippen molar-refractivity contribution in [1.82, 2.24) is 0 Å². The summed E-state index contributed by atoms with van der Waals surface area (Å²) in [6.45, 7) is 3.97. The second kappa shape index (κ2) is 3.74. The molecule has 14 heavy (non-hydrogen) atoms. The number of nitrogens with one attached hydrogen (secondary N) is 1. The van der Waals surface area contributed by atoms with Gasteiger partial charge in [-0.05, 0) is 43.0 Å². The van der Waals surface area contributed by atoms with Gasteiger partial charge in [-0.3, -0.25) is 0 Å². The molecule has 1 aliphatic heterocycles. The number of allylic oxidation sites excluding steroid dienone is 1. The number of anilines is 1. The fraction of sp³-hybridized carbons (Fsp3) is 0.333. The standard InChI is InChI=1S/C12H15NO/c1-9-4-3-5-10-8-11(14-2)6-7-12(10)13-9/h6-8,13H,1,3-5H2,2H3. The van der Waals surface area contributed by atoms with Crippen LogP contribution in [-0.4, -0.2) is 7.11 Å². The average molecular weight is 189 g/mol. The first-order chi connectivity index (χ1) is 6.79. The summed E-state index contributed by atoms with van der Waals surface area (Å²) in [5.74, 6) is 0.929. The highest BCUT2D eigenvalue weighted by Gasteiger charge is 2.09. The molecule has 74 valence electrons. The molecule has 0 saturated heterocycles. The highest BCUT2D eigenvalue weighted by molar-refractivity contribution is 5.58. The van der Waals surface area contributed by atoms with Gasteiger partial charge in [-0.15, -0.1) is 0 Å². The largest absolute Gasteiger partial charge is 0.497 e. The van der Waals surface area contributed by atoms with E-state index < -0.39 is 0 Å². The Morgan fingerprint density at radius 3 is 3.00 bits per heavy atom. The fourth-order valence-electron chi connectivity index (χ4n) is 1.77. The molecule has 0 bridgehead atoms. The van der Waals surface area contributed by atoms with Crippen molar-refractivity contribution in [2.24, 2.45) is 0 Å². The molecule has 0 unspecified atom stereocenters. The minimum atomic E-state index is 0.929. The number of rotatable bonds is 1. The van der Waals surface area contributed by atoms with E-state index in [1.54, 1.807) is 7.11 Å². The van der Waals surface area contributed by atoms with Crippen LogP contribution in [-0.2, 0) is 6.42 Å². The van der Waals surface area contributed by atoms with Crippen LogP contribution in [0.15, 0.2) is 30.5 Å². The Bertz CT molecular complexity index is 357. The van der Waals surface area contributed by atoms with Crippen LogP contribution in [0.25, 0.3) is 0 Å². The molecule has 0 amide bonds. The van der Waals surface area contributed by atoms with Crippen molar-refractivity contribution in [2.75, 3.05) is 12.4 Å². The van der Waals surface area contributed by atoms with E-state index >= 15 is 0 Å². The maximum Gasteiger partial charge on any atom is 0.119 e. The lowest BCUT2D eigenvalue weighted by Crippen LogP contribution is -1.96. The lowest BCUT2D eigenvalue weighted by molar-refractivity contribution is 0.414. The summed E-state index contributed by atoms with van der Waals surface area (Å²) < 4.78 is 5.20. The molecule has 1 N–H and O–H groups in total. The lowest BCUT2D eigenvalue weighted by Gasteiger charge is -2.09. The van der Waals surface area contributed by atoms with Crippen molar-refractivity contribution < 1.29 is 4.74 Å².